The molecule has 1 N–H and O–H groups in total. The summed E-state index contributed by atoms with van der Waals surface area (Å²) in [7, 11) is -4.32. The molecule has 2 aliphatic heterocycles. The van der Waals surface area contributed by atoms with Gasteiger partial charge in [0, 0.05) is 24.6 Å². The lowest BCUT2D eigenvalue weighted by molar-refractivity contribution is -0.124. The quantitative estimate of drug-likeness (QED) is 0.453. The highest BCUT2D eigenvalue weighted by Crippen LogP contribution is 2.43. The number of anilines is 1. The Hall–Kier alpha value is -2.36. The maximum absolute atomic E-state index is 13.5. The van der Waals surface area contributed by atoms with Crippen molar-refractivity contribution in [2.45, 2.75) is 49.0 Å². The van der Waals surface area contributed by atoms with Crippen LogP contribution in [0.4, 0.5) is 23.4 Å². The van der Waals surface area contributed by atoms with E-state index in [1.54, 1.807) is 0 Å². The first kappa shape index (κ1) is 24.0. The Bertz CT molecular complexity index is 1410. The zero-order valence-electron chi connectivity index (χ0n) is 18.8. The molecule has 0 radical (unpaired) electrons. The fraction of sp³-hybridized carbons (Fsp3) is 0.571. The summed E-state index contributed by atoms with van der Waals surface area (Å²) in [4.78, 5) is 1.79. The van der Waals surface area contributed by atoms with Gasteiger partial charge in [-0.3, -0.25) is 0 Å². The number of nitrogens with zero attached hydrogens (tertiary/aromatic N) is 5. The molecule has 0 unspecified atom stereocenters. The van der Waals surface area contributed by atoms with Crippen LogP contribution in [0, 0.1) is 5.41 Å². The third kappa shape index (κ3) is 3.96. The summed E-state index contributed by atoms with van der Waals surface area (Å²) in [6.45, 7) is 2.64. The van der Waals surface area contributed by atoms with Crippen molar-refractivity contribution in [2.75, 3.05) is 31.2 Å². The van der Waals surface area contributed by atoms with Crippen LogP contribution in [0.15, 0.2) is 23.2 Å². The second kappa shape index (κ2) is 8.33. The number of hydrogen-bond acceptors (Lipinski definition) is 8. The van der Waals surface area contributed by atoms with Gasteiger partial charge in [0.25, 0.3) is 12.9 Å². The van der Waals surface area contributed by atoms with Gasteiger partial charge in [0.05, 0.1) is 40.9 Å². The molecule has 3 aromatic heterocycles. The zero-order chi connectivity index (χ0) is 25.3. The van der Waals surface area contributed by atoms with Crippen molar-refractivity contribution in [3.05, 3.63) is 23.3 Å². The number of alkyl halides is 4. The second-order valence-electron chi connectivity index (χ2n) is 9.69. The molecule has 3 fully saturated rings. The Morgan fingerprint density at radius 2 is 1.78 bits per heavy atom. The zero-order valence-corrected chi connectivity index (χ0v) is 20.5. The van der Waals surface area contributed by atoms with Crippen molar-refractivity contribution in [3.63, 3.8) is 0 Å². The third-order valence-corrected chi connectivity index (χ3v) is 9.75. The fourth-order valence-corrected chi connectivity index (χ4v) is 6.93. The molecule has 5 heterocycles. The summed E-state index contributed by atoms with van der Waals surface area (Å²) >= 11 is 0.685. The van der Waals surface area contributed by atoms with Gasteiger partial charge < -0.3 is 9.64 Å². The van der Waals surface area contributed by atoms with E-state index in [0.717, 1.165) is 12.8 Å². The van der Waals surface area contributed by atoms with Gasteiger partial charge in [0.15, 0.2) is 10.0 Å². The van der Waals surface area contributed by atoms with E-state index >= 15 is 0 Å². The summed E-state index contributed by atoms with van der Waals surface area (Å²) in [5.74, 6) is 0.467. The normalized spacial score (nSPS) is 21.0. The number of sulfonamides is 1. The van der Waals surface area contributed by atoms with Gasteiger partial charge in [-0.2, -0.15) is 9.82 Å². The first-order valence-corrected chi connectivity index (χ1v) is 13.7. The van der Waals surface area contributed by atoms with Gasteiger partial charge in [-0.25, -0.2) is 30.5 Å². The first-order valence-electron chi connectivity index (χ1n) is 11.4. The van der Waals surface area contributed by atoms with Gasteiger partial charge in [-0.15, -0.1) is 10.2 Å². The Kier molecular flexibility index (Phi) is 5.55. The summed E-state index contributed by atoms with van der Waals surface area (Å²) < 4.78 is 88.9. The molecule has 0 atom stereocenters. The standard InChI is InChI=1S/C21H22F4N6O3S2/c22-16(23)18-28-27-17(35-18)13-9-26-31-14(13)7-12(36(32,33)29-21(1-2-21)19(24)25)8-15(31)30-5-3-20(4-6-30)10-34-11-20/h7-9,16,19,29H,1-6,10-11H2. The van der Waals surface area contributed by atoms with Crippen LogP contribution in [0.2, 0.25) is 0 Å². The van der Waals surface area contributed by atoms with Crippen molar-refractivity contribution >= 4 is 32.7 Å². The van der Waals surface area contributed by atoms with Crippen LogP contribution in [0.1, 0.15) is 37.1 Å². The van der Waals surface area contributed by atoms with Crippen LogP contribution in [-0.4, -0.2) is 66.5 Å². The Balaban J connectivity index is 1.44. The number of hydrogen-bond donors (Lipinski definition) is 1. The summed E-state index contributed by atoms with van der Waals surface area (Å²) in [5.41, 5.74) is -1.00. The summed E-state index contributed by atoms with van der Waals surface area (Å²) in [6, 6.07) is 2.73. The number of aromatic nitrogens is 4. The first-order chi connectivity index (χ1) is 17.1. The molecule has 0 amide bonds. The van der Waals surface area contributed by atoms with Crippen molar-refractivity contribution < 1.29 is 30.7 Å². The number of pyridine rings is 1. The Morgan fingerprint density at radius 3 is 2.33 bits per heavy atom. The Morgan fingerprint density at radius 1 is 1.06 bits per heavy atom. The van der Waals surface area contributed by atoms with Crippen molar-refractivity contribution in [3.8, 4) is 10.6 Å². The summed E-state index contributed by atoms with van der Waals surface area (Å²) in [6.07, 6.45) is -2.42. The lowest BCUT2D eigenvalue weighted by Gasteiger charge is -2.47. The topological polar surface area (TPSA) is 102 Å². The average molecular weight is 547 g/mol. The van der Waals surface area contributed by atoms with E-state index in [-0.39, 0.29) is 28.2 Å². The van der Waals surface area contributed by atoms with E-state index in [1.807, 2.05) is 4.90 Å². The van der Waals surface area contributed by atoms with Crippen molar-refractivity contribution in [1.29, 1.82) is 0 Å². The minimum absolute atomic E-state index is 0.0500. The van der Waals surface area contributed by atoms with Crippen LogP contribution in [0.25, 0.3) is 16.1 Å². The maximum atomic E-state index is 13.5. The number of piperidine rings is 1. The molecular formula is C21H22F4N6O3S2. The minimum atomic E-state index is -4.32. The monoisotopic (exact) mass is 546 g/mol. The molecule has 9 nitrogen and oxygen atoms in total. The largest absolute Gasteiger partial charge is 0.380 e. The van der Waals surface area contributed by atoms with Gasteiger partial charge in [0.2, 0.25) is 10.0 Å². The molecule has 6 rings (SSSR count). The third-order valence-electron chi connectivity index (χ3n) is 7.25. The summed E-state index contributed by atoms with van der Waals surface area (Å²) in [5, 5.41) is 11.4. The predicted octanol–water partition coefficient (Wildman–Crippen LogP) is 3.48. The van der Waals surface area contributed by atoms with E-state index < -0.39 is 33.4 Å². The Labute approximate surface area is 207 Å². The second-order valence-corrected chi connectivity index (χ2v) is 12.4. The molecule has 3 aliphatic rings. The predicted molar refractivity (Wildman–Crippen MR) is 122 cm³/mol. The maximum Gasteiger partial charge on any atom is 0.291 e. The molecule has 1 saturated carbocycles. The molecule has 15 heteroatoms. The fourth-order valence-electron chi connectivity index (χ4n) is 4.74. The van der Waals surface area contributed by atoms with Gasteiger partial charge in [0.1, 0.15) is 5.82 Å². The van der Waals surface area contributed by atoms with Gasteiger partial charge in [-0.1, -0.05) is 11.3 Å². The van der Waals surface area contributed by atoms with E-state index in [0.29, 0.717) is 54.5 Å². The van der Waals surface area contributed by atoms with Gasteiger partial charge >= 0.3 is 0 Å². The minimum Gasteiger partial charge on any atom is -0.380 e. The van der Waals surface area contributed by atoms with E-state index in [4.69, 9.17) is 4.74 Å². The molecule has 1 spiro atoms. The average Bonchev–Trinajstić information content (AvgIpc) is 3.24. The van der Waals surface area contributed by atoms with Crippen LogP contribution in [0.3, 0.4) is 0 Å². The van der Waals surface area contributed by atoms with Crippen LogP contribution in [0.5, 0.6) is 0 Å². The number of halogens is 4. The number of fused-ring (bicyclic) bond motifs is 1. The molecule has 3 aromatic rings. The van der Waals surface area contributed by atoms with E-state index in [9.17, 15) is 26.0 Å². The smallest absolute Gasteiger partial charge is 0.291 e. The highest BCUT2D eigenvalue weighted by molar-refractivity contribution is 7.89. The van der Waals surface area contributed by atoms with Crippen LogP contribution < -0.4 is 9.62 Å². The van der Waals surface area contributed by atoms with Crippen molar-refractivity contribution in [2.24, 2.45) is 5.41 Å². The lowest BCUT2D eigenvalue weighted by atomic mass is 9.77. The molecular weight excluding hydrogens is 524 g/mol. The highest BCUT2D eigenvalue weighted by Gasteiger charge is 2.54. The SMILES string of the molecule is O=S(=O)(NC1(C(F)F)CC1)c1cc(N2CCC3(CC2)COC3)n2ncc(-c3nnc(C(F)F)s3)c2c1. The van der Waals surface area contributed by atoms with E-state index in [2.05, 4.69) is 20.0 Å². The van der Waals surface area contributed by atoms with Crippen molar-refractivity contribution in [1.82, 2.24) is 24.5 Å². The van der Waals surface area contributed by atoms with E-state index in [1.165, 1.54) is 22.8 Å². The molecule has 36 heavy (non-hydrogen) atoms. The molecule has 0 aromatic carbocycles. The van der Waals surface area contributed by atoms with Crippen LogP contribution >= 0.6 is 11.3 Å². The lowest BCUT2D eigenvalue weighted by Crippen LogP contribution is -2.51. The molecule has 1 aliphatic carbocycles. The molecule has 2 saturated heterocycles. The highest BCUT2D eigenvalue weighted by atomic mass is 32.2. The molecule has 194 valence electrons. The molecule has 0 bridgehead atoms. The van der Waals surface area contributed by atoms with Crippen LogP contribution in [-0.2, 0) is 14.8 Å². The number of nitrogens with one attached hydrogen (secondary N) is 1. The van der Waals surface area contributed by atoms with Gasteiger partial charge in [-0.05, 0) is 31.7 Å². The number of ether oxygens (including phenoxy) is 1. The number of rotatable bonds is 7.